The van der Waals surface area contributed by atoms with Crippen LogP contribution < -0.4 is 4.90 Å². The van der Waals surface area contributed by atoms with E-state index in [1.807, 2.05) is 11.3 Å². The zero-order valence-corrected chi connectivity index (χ0v) is 35.1. The van der Waals surface area contributed by atoms with Crippen LogP contribution in [0, 0.1) is 23.7 Å². The van der Waals surface area contributed by atoms with Gasteiger partial charge in [-0.1, -0.05) is 128 Å². The van der Waals surface area contributed by atoms with Gasteiger partial charge in [-0.05, 0) is 141 Å². The molecule has 60 heavy (non-hydrogen) atoms. The summed E-state index contributed by atoms with van der Waals surface area (Å²) in [6.07, 6.45) is 34.6. The molecule has 6 aromatic rings. The number of nitrogens with zero attached hydrogens (tertiary/aromatic N) is 2. The number of benzene rings is 4. The standard InChI is InChI=1S/C57H50N2S/c1-35-34-59(40-24-22-37-14-5-6-15-38(37)31-40)56-47-26-23-39(42-19-11-20-49-46-18-9-10-21-53(46)60-57(42)49)32-51(47)48-28-29-58(55(48)54(35)56)41-25-27-45-50(30-36-12-3-2-4-13-36)43-16-7-8-17-44(43)52(45)33-41/h2-10,12,14-19,21-22,24-25,27-33,35-36,43-44,47,51,54,56H,11,13,20,23,26,34H2,1H3/b50-30+. The van der Waals surface area contributed by atoms with Crippen molar-refractivity contribution in [3.8, 4) is 5.69 Å². The lowest BCUT2D eigenvalue weighted by Gasteiger charge is -2.46. The maximum Gasteiger partial charge on any atom is 0.0455 e. The SMILES string of the molecule is CC1CN(c2ccc3ccccc3c2)C2C3CCC(C4=CCCc5c4sc4ccccc54)=CC3c3ccn(-c4ccc5c(c4)C4C=CC=CC4/C5=C\C4C=CC=CC4)c3C12. The Bertz CT molecular complexity index is 2970. The molecule has 294 valence electrons. The van der Waals surface area contributed by atoms with Crippen molar-refractivity contribution in [1.29, 1.82) is 0 Å². The first kappa shape index (κ1) is 35.1. The van der Waals surface area contributed by atoms with E-state index in [1.54, 1.807) is 22.4 Å². The fourth-order valence-corrected chi connectivity index (χ4v) is 14.2. The molecule has 0 N–H and O–H groups in total. The Morgan fingerprint density at radius 3 is 2.52 bits per heavy atom. The van der Waals surface area contributed by atoms with Crippen LogP contribution in [0.15, 0.2) is 170 Å². The molecule has 13 rings (SSSR count). The average molecular weight is 795 g/mol. The van der Waals surface area contributed by atoms with Crippen molar-refractivity contribution in [2.75, 3.05) is 11.4 Å². The molecule has 0 saturated carbocycles. The van der Waals surface area contributed by atoms with E-state index >= 15 is 0 Å². The second-order valence-corrected chi connectivity index (χ2v) is 19.7. The minimum Gasteiger partial charge on any atom is -0.367 e. The maximum absolute atomic E-state index is 2.85. The number of fused-ring (bicyclic) bond motifs is 13. The molecule has 0 bridgehead atoms. The highest BCUT2D eigenvalue weighted by atomic mass is 32.1. The normalized spacial score (nSPS) is 28.9. The van der Waals surface area contributed by atoms with Gasteiger partial charge in [0, 0.05) is 69.1 Å². The van der Waals surface area contributed by atoms with Crippen LogP contribution in [-0.2, 0) is 6.42 Å². The van der Waals surface area contributed by atoms with Crippen molar-refractivity contribution in [2.45, 2.75) is 62.8 Å². The second-order valence-electron chi connectivity index (χ2n) is 18.6. The predicted octanol–water partition coefficient (Wildman–Crippen LogP) is 14.3. The lowest BCUT2D eigenvalue weighted by atomic mass is 9.63. The van der Waals surface area contributed by atoms with Crippen LogP contribution >= 0.6 is 11.3 Å². The van der Waals surface area contributed by atoms with Gasteiger partial charge in [0.2, 0.25) is 0 Å². The summed E-state index contributed by atoms with van der Waals surface area (Å²) in [6, 6.07) is 35.7. The Labute approximate surface area is 358 Å². The second kappa shape index (κ2) is 13.7. The van der Waals surface area contributed by atoms with Gasteiger partial charge in [-0.3, -0.25) is 0 Å². The molecule has 0 amide bonds. The summed E-state index contributed by atoms with van der Waals surface area (Å²) >= 11 is 2.02. The number of anilines is 1. The van der Waals surface area contributed by atoms with Crippen LogP contribution in [-0.4, -0.2) is 17.2 Å². The molecule has 7 aliphatic rings. The van der Waals surface area contributed by atoms with Gasteiger partial charge in [-0.2, -0.15) is 0 Å². The van der Waals surface area contributed by atoms with E-state index in [-0.39, 0.29) is 0 Å². The van der Waals surface area contributed by atoms with Gasteiger partial charge >= 0.3 is 0 Å². The van der Waals surface area contributed by atoms with Gasteiger partial charge in [0.15, 0.2) is 0 Å². The van der Waals surface area contributed by atoms with E-state index in [4.69, 9.17) is 0 Å². The van der Waals surface area contributed by atoms with E-state index in [0.29, 0.717) is 47.5 Å². The summed E-state index contributed by atoms with van der Waals surface area (Å²) in [6.45, 7) is 3.62. The molecule has 0 spiro atoms. The van der Waals surface area contributed by atoms with Crippen molar-refractivity contribution in [1.82, 2.24) is 4.57 Å². The molecule has 3 heterocycles. The molecule has 1 saturated heterocycles. The number of aryl methyl sites for hydroxylation is 1. The van der Waals surface area contributed by atoms with Crippen molar-refractivity contribution < 1.29 is 0 Å². The molecule has 4 aromatic carbocycles. The minimum absolute atomic E-state index is 0.373. The monoisotopic (exact) mass is 794 g/mol. The highest BCUT2D eigenvalue weighted by Gasteiger charge is 2.53. The third kappa shape index (κ3) is 5.30. The molecule has 1 aliphatic heterocycles. The minimum atomic E-state index is 0.373. The molecule has 1 fully saturated rings. The van der Waals surface area contributed by atoms with Crippen LogP contribution in [0.2, 0.25) is 0 Å². The highest BCUT2D eigenvalue weighted by Crippen LogP contribution is 2.59. The lowest BCUT2D eigenvalue weighted by Crippen LogP contribution is -2.45. The molecule has 2 nitrogen and oxygen atoms in total. The Kier molecular flexibility index (Phi) is 8.02. The van der Waals surface area contributed by atoms with Crippen molar-refractivity contribution >= 4 is 49.0 Å². The third-order valence-corrected chi connectivity index (χ3v) is 16.7. The third-order valence-electron chi connectivity index (χ3n) is 15.5. The first-order valence-electron chi connectivity index (χ1n) is 22.6. The Hall–Kier alpha value is -5.64. The van der Waals surface area contributed by atoms with Gasteiger partial charge in [-0.25, -0.2) is 0 Å². The smallest absolute Gasteiger partial charge is 0.0455 e. The molecular formula is C57H50N2S. The van der Waals surface area contributed by atoms with Crippen LogP contribution in [0.4, 0.5) is 5.69 Å². The Balaban J connectivity index is 0.953. The van der Waals surface area contributed by atoms with Crippen molar-refractivity contribution in [3.63, 3.8) is 0 Å². The maximum atomic E-state index is 2.85. The molecule has 8 atom stereocenters. The van der Waals surface area contributed by atoms with Gasteiger partial charge in [0.25, 0.3) is 0 Å². The van der Waals surface area contributed by atoms with Crippen LogP contribution in [0.3, 0.4) is 0 Å². The highest BCUT2D eigenvalue weighted by molar-refractivity contribution is 7.20. The molecule has 3 heteroatoms. The summed E-state index contributed by atoms with van der Waals surface area (Å²) in [5.74, 6) is 3.13. The van der Waals surface area contributed by atoms with Gasteiger partial charge in [-0.15, -0.1) is 11.3 Å². The van der Waals surface area contributed by atoms with E-state index in [0.717, 1.165) is 32.2 Å². The van der Waals surface area contributed by atoms with E-state index in [1.165, 1.54) is 65.8 Å². The zero-order valence-electron chi connectivity index (χ0n) is 34.3. The largest absolute Gasteiger partial charge is 0.367 e. The Morgan fingerprint density at radius 2 is 1.60 bits per heavy atom. The van der Waals surface area contributed by atoms with E-state index in [2.05, 4.69) is 180 Å². The number of hydrogen-bond acceptors (Lipinski definition) is 2. The van der Waals surface area contributed by atoms with Crippen LogP contribution in [0.1, 0.15) is 83.2 Å². The lowest BCUT2D eigenvalue weighted by molar-refractivity contribution is 0.286. The number of thiophene rings is 1. The number of hydrogen-bond donors (Lipinski definition) is 0. The number of rotatable bonds is 4. The van der Waals surface area contributed by atoms with Crippen LogP contribution in [0.25, 0.3) is 37.7 Å². The molecule has 6 aliphatic carbocycles. The number of aromatic nitrogens is 1. The quantitative estimate of drug-likeness (QED) is 0.173. The zero-order chi connectivity index (χ0) is 39.5. The average Bonchev–Trinajstić information content (AvgIpc) is 4.07. The summed E-state index contributed by atoms with van der Waals surface area (Å²) in [4.78, 5) is 4.37. The summed E-state index contributed by atoms with van der Waals surface area (Å²) in [5, 5.41) is 4.12. The van der Waals surface area contributed by atoms with Crippen LogP contribution in [0.5, 0.6) is 0 Å². The van der Waals surface area contributed by atoms with Gasteiger partial charge in [0.05, 0.1) is 0 Å². The topological polar surface area (TPSA) is 8.17 Å². The first-order chi connectivity index (χ1) is 29.7. The molecule has 8 unspecified atom stereocenters. The summed E-state index contributed by atoms with van der Waals surface area (Å²) < 4.78 is 4.07. The molecular weight excluding hydrogens is 745 g/mol. The molecule has 0 radical (unpaired) electrons. The summed E-state index contributed by atoms with van der Waals surface area (Å²) in [5.41, 5.74) is 14.9. The van der Waals surface area contributed by atoms with Gasteiger partial charge < -0.3 is 9.47 Å². The molecule has 2 aromatic heterocycles. The fourth-order valence-electron chi connectivity index (χ4n) is 12.9. The predicted molar refractivity (Wildman–Crippen MR) is 253 cm³/mol. The van der Waals surface area contributed by atoms with E-state index < -0.39 is 0 Å². The van der Waals surface area contributed by atoms with Crippen molar-refractivity contribution in [2.24, 2.45) is 23.7 Å². The fraction of sp³-hybridized carbons (Fsp3) is 0.263. The summed E-state index contributed by atoms with van der Waals surface area (Å²) in [7, 11) is 0. The number of allylic oxidation sites excluding steroid dienone is 14. The first-order valence-corrected chi connectivity index (χ1v) is 23.4. The van der Waals surface area contributed by atoms with E-state index in [9.17, 15) is 0 Å². The van der Waals surface area contributed by atoms with Gasteiger partial charge in [0.1, 0.15) is 0 Å². The van der Waals surface area contributed by atoms with Crippen molar-refractivity contribution in [3.05, 3.63) is 202 Å². The Morgan fingerprint density at radius 1 is 0.750 bits per heavy atom.